The van der Waals surface area contributed by atoms with Crippen LogP contribution in [-0.4, -0.2) is 14.5 Å². The van der Waals surface area contributed by atoms with Crippen molar-refractivity contribution in [3.63, 3.8) is 0 Å². The molecule has 3 nitrogen and oxygen atoms in total. The van der Waals surface area contributed by atoms with Crippen LogP contribution < -0.4 is 0 Å². The number of hydrogen-bond acceptors (Lipinski definition) is 2. The molecule has 0 aliphatic heterocycles. The fraction of sp³-hybridized carbons (Fsp3) is 0.143. The maximum Gasteiger partial charge on any atom is 0.159 e. The van der Waals surface area contributed by atoms with E-state index in [4.69, 9.17) is 11.6 Å². The summed E-state index contributed by atoms with van der Waals surface area (Å²) >= 11 is 5.99. The van der Waals surface area contributed by atoms with E-state index in [-0.39, 0.29) is 0 Å². The standard InChI is InChI=1S/C14H12ClN3/c1-18-13(9-10-4-2-5-11(15)8-10)17-12-6-3-7-16-14(12)18/h2-8H,9H2,1H3. The maximum atomic E-state index is 5.99. The first kappa shape index (κ1) is 11.2. The van der Waals surface area contributed by atoms with Crippen molar-refractivity contribution in [2.24, 2.45) is 7.05 Å². The van der Waals surface area contributed by atoms with Gasteiger partial charge in [-0.25, -0.2) is 9.97 Å². The van der Waals surface area contributed by atoms with Gasteiger partial charge in [0.05, 0.1) is 0 Å². The highest BCUT2D eigenvalue weighted by molar-refractivity contribution is 6.30. The van der Waals surface area contributed by atoms with Crippen LogP contribution in [0.25, 0.3) is 11.2 Å². The average molecular weight is 258 g/mol. The SMILES string of the molecule is Cn1c(Cc2cccc(Cl)c2)nc2cccnc21. The molecule has 0 fully saturated rings. The van der Waals surface area contributed by atoms with E-state index in [2.05, 4.69) is 16.0 Å². The number of imidazole rings is 1. The number of fused-ring (bicyclic) bond motifs is 1. The molecule has 0 saturated carbocycles. The highest BCUT2D eigenvalue weighted by Crippen LogP contribution is 2.17. The van der Waals surface area contributed by atoms with Gasteiger partial charge in [0, 0.05) is 24.7 Å². The number of aryl methyl sites for hydroxylation is 1. The number of pyridine rings is 1. The smallest absolute Gasteiger partial charge is 0.159 e. The van der Waals surface area contributed by atoms with Crippen molar-refractivity contribution in [2.75, 3.05) is 0 Å². The van der Waals surface area contributed by atoms with Gasteiger partial charge in [0.25, 0.3) is 0 Å². The van der Waals surface area contributed by atoms with E-state index >= 15 is 0 Å². The summed E-state index contributed by atoms with van der Waals surface area (Å²) in [6.45, 7) is 0. The van der Waals surface area contributed by atoms with Crippen molar-refractivity contribution in [1.29, 1.82) is 0 Å². The van der Waals surface area contributed by atoms with Crippen LogP contribution in [0.5, 0.6) is 0 Å². The first-order valence-electron chi connectivity index (χ1n) is 5.75. The van der Waals surface area contributed by atoms with Crippen LogP contribution in [-0.2, 0) is 13.5 Å². The van der Waals surface area contributed by atoms with Gasteiger partial charge in [-0.2, -0.15) is 0 Å². The Morgan fingerprint density at radius 1 is 1.22 bits per heavy atom. The van der Waals surface area contributed by atoms with Crippen molar-refractivity contribution < 1.29 is 0 Å². The highest BCUT2D eigenvalue weighted by Gasteiger charge is 2.08. The van der Waals surface area contributed by atoms with E-state index in [1.54, 1.807) is 6.20 Å². The van der Waals surface area contributed by atoms with Crippen molar-refractivity contribution in [2.45, 2.75) is 6.42 Å². The summed E-state index contributed by atoms with van der Waals surface area (Å²) in [5, 5.41) is 0.754. The van der Waals surface area contributed by atoms with Crippen LogP contribution >= 0.6 is 11.6 Å². The summed E-state index contributed by atoms with van der Waals surface area (Å²) in [7, 11) is 1.99. The van der Waals surface area contributed by atoms with E-state index in [0.717, 1.165) is 34.0 Å². The number of halogens is 1. The van der Waals surface area contributed by atoms with E-state index in [0.29, 0.717) is 0 Å². The summed E-state index contributed by atoms with van der Waals surface area (Å²) in [4.78, 5) is 8.93. The van der Waals surface area contributed by atoms with Crippen LogP contribution in [0.2, 0.25) is 5.02 Å². The van der Waals surface area contributed by atoms with Crippen LogP contribution in [0.3, 0.4) is 0 Å². The number of hydrogen-bond donors (Lipinski definition) is 0. The molecule has 2 heterocycles. The number of rotatable bonds is 2. The predicted octanol–water partition coefficient (Wildman–Crippen LogP) is 3.21. The highest BCUT2D eigenvalue weighted by atomic mass is 35.5. The second-order valence-electron chi connectivity index (χ2n) is 4.24. The molecule has 0 amide bonds. The van der Waals surface area contributed by atoms with Crippen LogP contribution in [0.15, 0.2) is 42.6 Å². The van der Waals surface area contributed by atoms with E-state index in [1.807, 2.05) is 41.9 Å². The lowest BCUT2D eigenvalue weighted by Gasteiger charge is -2.02. The van der Waals surface area contributed by atoms with Crippen molar-refractivity contribution in [3.8, 4) is 0 Å². The van der Waals surface area contributed by atoms with Crippen LogP contribution in [0.4, 0.5) is 0 Å². The van der Waals surface area contributed by atoms with Crippen LogP contribution in [0.1, 0.15) is 11.4 Å². The third-order valence-electron chi connectivity index (χ3n) is 2.97. The molecule has 0 atom stereocenters. The zero-order chi connectivity index (χ0) is 12.5. The molecule has 3 rings (SSSR count). The molecule has 1 aromatic carbocycles. The summed E-state index contributed by atoms with van der Waals surface area (Å²) in [6.07, 6.45) is 2.54. The monoisotopic (exact) mass is 257 g/mol. The molecule has 90 valence electrons. The zero-order valence-corrected chi connectivity index (χ0v) is 10.7. The fourth-order valence-corrected chi connectivity index (χ4v) is 2.27. The van der Waals surface area contributed by atoms with Gasteiger partial charge in [0.15, 0.2) is 5.65 Å². The first-order valence-corrected chi connectivity index (χ1v) is 6.12. The van der Waals surface area contributed by atoms with Crippen molar-refractivity contribution in [3.05, 3.63) is 59.0 Å². The Morgan fingerprint density at radius 2 is 2.11 bits per heavy atom. The Bertz CT molecular complexity index is 703. The molecule has 0 radical (unpaired) electrons. The normalized spacial score (nSPS) is 11.0. The molecule has 0 unspecified atom stereocenters. The van der Waals surface area contributed by atoms with Crippen molar-refractivity contribution in [1.82, 2.24) is 14.5 Å². The second kappa shape index (κ2) is 4.42. The summed E-state index contributed by atoms with van der Waals surface area (Å²) in [5.74, 6) is 0.992. The lowest BCUT2D eigenvalue weighted by atomic mass is 10.1. The zero-order valence-electron chi connectivity index (χ0n) is 9.97. The Kier molecular flexibility index (Phi) is 2.76. The summed E-state index contributed by atoms with van der Waals surface area (Å²) in [6, 6.07) is 11.7. The number of aromatic nitrogens is 3. The molecule has 0 aliphatic rings. The number of benzene rings is 1. The predicted molar refractivity (Wildman–Crippen MR) is 72.8 cm³/mol. The van der Waals surface area contributed by atoms with Gasteiger partial charge < -0.3 is 4.57 Å². The van der Waals surface area contributed by atoms with Crippen LogP contribution in [0, 0.1) is 0 Å². The molecule has 0 spiro atoms. The largest absolute Gasteiger partial charge is 0.316 e. The van der Waals surface area contributed by atoms with Gasteiger partial charge in [-0.3, -0.25) is 0 Å². The minimum atomic E-state index is 0.754. The molecule has 2 aromatic heterocycles. The lowest BCUT2D eigenvalue weighted by Crippen LogP contribution is -1.99. The third kappa shape index (κ3) is 1.97. The maximum absolute atomic E-state index is 5.99. The molecular formula is C14H12ClN3. The van der Waals surface area contributed by atoms with Gasteiger partial charge in [-0.1, -0.05) is 23.7 Å². The Labute approximate surface area is 110 Å². The van der Waals surface area contributed by atoms with Gasteiger partial charge in [0.2, 0.25) is 0 Å². The minimum absolute atomic E-state index is 0.754. The molecule has 0 bridgehead atoms. The molecule has 4 heteroatoms. The van der Waals surface area contributed by atoms with E-state index in [1.165, 1.54) is 0 Å². The van der Waals surface area contributed by atoms with E-state index in [9.17, 15) is 0 Å². The lowest BCUT2D eigenvalue weighted by molar-refractivity contribution is 0.836. The fourth-order valence-electron chi connectivity index (χ4n) is 2.06. The quantitative estimate of drug-likeness (QED) is 0.706. The Balaban J connectivity index is 2.02. The van der Waals surface area contributed by atoms with Gasteiger partial charge >= 0.3 is 0 Å². The third-order valence-corrected chi connectivity index (χ3v) is 3.21. The molecule has 0 saturated heterocycles. The summed E-state index contributed by atoms with van der Waals surface area (Å²) < 4.78 is 2.02. The summed E-state index contributed by atoms with van der Waals surface area (Å²) in [5.41, 5.74) is 2.99. The topological polar surface area (TPSA) is 30.7 Å². The molecule has 0 aliphatic carbocycles. The van der Waals surface area contributed by atoms with E-state index < -0.39 is 0 Å². The molecule has 18 heavy (non-hydrogen) atoms. The first-order chi connectivity index (χ1) is 8.74. The van der Waals surface area contributed by atoms with Gasteiger partial charge in [-0.15, -0.1) is 0 Å². The average Bonchev–Trinajstić information content (AvgIpc) is 2.67. The van der Waals surface area contributed by atoms with Gasteiger partial charge in [-0.05, 0) is 29.8 Å². The molecule has 0 N–H and O–H groups in total. The van der Waals surface area contributed by atoms with Crippen molar-refractivity contribution >= 4 is 22.8 Å². The second-order valence-corrected chi connectivity index (χ2v) is 4.68. The molecule has 3 aromatic rings. The van der Waals surface area contributed by atoms with Gasteiger partial charge in [0.1, 0.15) is 11.3 Å². The Morgan fingerprint density at radius 3 is 2.89 bits per heavy atom. The Hall–Kier alpha value is -1.87. The number of nitrogens with zero attached hydrogens (tertiary/aromatic N) is 3. The minimum Gasteiger partial charge on any atom is -0.316 e. The molecular weight excluding hydrogens is 246 g/mol.